The summed E-state index contributed by atoms with van der Waals surface area (Å²) >= 11 is 0. The first kappa shape index (κ1) is 8.83. The van der Waals surface area contributed by atoms with E-state index in [2.05, 4.69) is 0 Å². The largest absolute Gasteiger partial charge is 0.454 e. The number of ether oxygens (including phenoxy) is 2. The van der Waals surface area contributed by atoms with E-state index in [4.69, 9.17) is 20.6 Å². The Morgan fingerprint density at radius 3 is 2.86 bits per heavy atom. The van der Waals surface area contributed by atoms with Crippen molar-refractivity contribution in [1.29, 1.82) is 0 Å². The maximum absolute atomic E-state index is 9.55. The number of fused-ring (bicyclic) bond motifs is 1. The van der Waals surface area contributed by atoms with E-state index in [0.717, 1.165) is 0 Å². The number of benzene rings is 1. The summed E-state index contributed by atoms with van der Waals surface area (Å²) in [6.45, 7) is 0.205. The zero-order valence-electron chi connectivity index (χ0n) is 7.43. The molecule has 0 spiro atoms. The molecule has 1 aromatic rings. The van der Waals surface area contributed by atoms with Crippen LogP contribution in [0, 0.1) is 0 Å². The number of aliphatic hydroxyl groups is 1. The molecule has 1 aliphatic rings. The lowest BCUT2D eigenvalue weighted by atomic mass is 10.1. The van der Waals surface area contributed by atoms with Gasteiger partial charge in [-0.1, -0.05) is 6.07 Å². The van der Waals surface area contributed by atoms with E-state index in [0.29, 0.717) is 17.1 Å². The molecule has 1 atom stereocenters. The van der Waals surface area contributed by atoms with Gasteiger partial charge >= 0.3 is 0 Å². The number of rotatable bonds is 2. The number of hydrogen-bond donors (Lipinski definition) is 3. The van der Waals surface area contributed by atoms with Crippen molar-refractivity contribution >= 4 is 5.84 Å². The number of amidine groups is 1. The topological polar surface area (TPSA) is 90.3 Å². The van der Waals surface area contributed by atoms with E-state index in [1.165, 1.54) is 0 Å². The highest BCUT2D eigenvalue weighted by molar-refractivity contribution is 5.80. The predicted octanol–water partition coefficient (Wildman–Crippen LogP) is -1.44. The Bertz CT molecular complexity index is 378. The third kappa shape index (κ3) is 1.38. The van der Waals surface area contributed by atoms with Gasteiger partial charge in [-0.05, 0) is 17.7 Å². The summed E-state index contributed by atoms with van der Waals surface area (Å²) in [7, 11) is 0. The highest BCUT2D eigenvalue weighted by Gasteiger charge is 2.19. The number of hydrogen-bond acceptors (Lipinski definition) is 3. The van der Waals surface area contributed by atoms with Gasteiger partial charge in [0.1, 0.15) is 0 Å². The Morgan fingerprint density at radius 1 is 1.43 bits per heavy atom. The quantitative estimate of drug-likeness (QED) is 0.398. The Kier molecular flexibility index (Phi) is 2.01. The molecule has 2 rings (SSSR count). The maximum Gasteiger partial charge on any atom is 0.272 e. The average Bonchev–Trinajstić information content (AvgIpc) is 2.62. The van der Waals surface area contributed by atoms with Crippen molar-refractivity contribution in [2.75, 3.05) is 6.79 Å². The monoisotopic (exact) mass is 195 g/mol. The summed E-state index contributed by atoms with van der Waals surface area (Å²) in [4.78, 5) is 0. The third-order valence-corrected chi connectivity index (χ3v) is 2.03. The first-order valence-electron chi connectivity index (χ1n) is 4.14. The molecule has 0 saturated carbocycles. The highest BCUT2D eigenvalue weighted by Crippen LogP contribution is 2.33. The Labute approximate surface area is 80.6 Å². The molecule has 0 aromatic heterocycles. The van der Waals surface area contributed by atoms with Gasteiger partial charge in [0, 0.05) is 0 Å². The van der Waals surface area contributed by atoms with Gasteiger partial charge in [-0.3, -0.25) is 11.1 Å². The van der Waals surface area contributed by atoms with Crippen LogP contribution in [0.5, 0.6) is 11.5 Å². The van der Waals surface area contributed by atoms with Gasteiger partial charge in [0.2, 0.25) is 6.79 Å². The smallest absolute Gasteiger partial charge is 0.272 e. The van der Waals surface area contributed by atoms with Gasteiger partial charge in [-0.2, -0.15) is 0 Å². The molecule has 1 heterocycles. The zero-order chi connectivity index (χ0) is 10.1. The molecule has 14 heavy (non-hydrogen) atoms. The summed E-state index contributed by atoms with van der Waals surface area (Å²) in [6, 6.07) is 5.06. The lowest BCUT2D eigenvalue weighted by Crippen LogP contribution is -2.49. The lowest BCUT2D eigenvalue weighted by Gasteiger charge is -2.05. The minimum Gasteiger partial charge on any atom is -0.454 e. The molecule has 0 amide bonds. The normalized spacial score (nSPS) is 15.2. The van der Waals surface area contributed by atoms with Crippen LogP contribution in [-0.4, -0.2) is 17.7 Å². The van der Waals surface area contributed by atoms with Crippen LogP contribution in [0.2, 0.25) is 0 Å². The van der Waals surface area contributed by atoms with Crippen LogP contribution in [0.25, 0.3) is 0 Å². The van der Waals surface area contributed by atoms with Crippen LogP contribution in [0.1, 0.15) is 11.7 Å². The molecule has 5 nitrogen and oxygen atoms in total. The van der Waals surface area contributed by atoms with Crippen molar-refractivity contribution < 1.29 is 20.0 Å². The molecular formula is C9H11N2O3+. The maximum atomic E-state index is 9.55. The Balaban J connectivity index is 2.33. The molecule has 0 radical (unpaired) electrons. The van der Waals surface area contributed by atoms with Gasteiger partial charge in [0.05, 0.1) is 0 Å². The molecule has 5 heteroatoms. The van der Waals surface area contributed by atoms with Gasteiger partial charge in [0.25, 0.3) is 5.84 Å². The van der Waals surface area contributed by atoms with Gasteiger partial charge in [0.15, 0.2) is 17.6 Å². The van der Waals surface area contributed by atoms with Crippen molar-refractivity contribution in [3.05, 3.63) is 23.8 Å². The number of nitrogens with two attached hydrogens (primary N) is 2. The fourth-order valence-electron chi connectivity index (χ4n) is 1.28. The Morgan fingerprint density at radius 2 is 2.14 bits per heavy atom. The SMILES string of the molecule is NC(=[NH2+])[C@H](O)c1ccc2c(c1)OCO2. The summed E-state index contributed by atoms with van der Waals surface area (Å²) in [6.07, 6.45) is -0.968. The van der Waals surface area contributed by atoms with Gasteiger partial charge in [-0.15, -0.1) is 0 Å². The summed E-state index contributed by atoms with van der Waals surface area (Å²) in [5.74, 6) is 1.23. The predicted molar refractivity (Wildman–Crippen MR) is 48.6 cm³/mol. The van der Waals surface area contributed by atoms with Crippen molar-refractivity contribution in [3.8, 4) is 11.5 Å². The fourth-order valence-corrected chi connectivity index (χ4v) is 1.28. The molecule has 0 aliphatic carbocycles. The van der Waals surface area contributed by atoms with E-state index in [-0.39, 0.29) is 12.6 Å². The van der Waals surface area contributed by atoms with E-state index < -0.39 is 6.10 Å². The van der Waals surface area contributed by atoms with Crippen LogP contribution in [0.15, 0.2) is 18.2 Å². The van der Waals surface area contributed by atoms with E-state index in [1.54, 1.807) is 18.2 Å². The van der Waals surface area contributed by atoms with E-state index in [1.807, 2.05) is 0 Å². The first-order chi connectivity index (χ1) is 6.68. The molecule has 1 aliphatic heterocycles. The van der Waals surface area contributed by atoms with Crippen molar-refractivity contribution in [2.45, 2.75) is 6.10 Å². The van der Waals surface area contributed by atoms with Crippen LogP contribution in [0.3, 0.4) is 0 Å². The first-order valence-corrected chi connectivity index (χ1v) is 4.14. The molecule has 74 valence electrons. The van der Waals surface area contributed by atoms with Gasteiger partial charge in [-0.25, -0.2) is 0 Å². The zero-order valence-corrected chi connectivity index (χ0v) is 7.43. The minimum absolute atomic E-state index is 0.0381. The van der Waals surface area contributed by atoms with Crippen LogP contribution in [-0.2, 0) is 0 Å². The minimum atomic E-state index is -0.968. The van der Waals surface area contributed by atoms with Crippen molar-refractivity contribution in [1.82, 2.24) is 0 Å². The van der Waals surface area contributed by atoms with Crippen LogP contribution < -0.4 is 20.6 Å². The Hall–Kier alpha value is -1.75. The molecule has 0 fully saturated rings. The average molecular weight is 195 g/mol. The van der Waals surface area contributed by atoms with E-state index >= 15 is 0 Å². The molecule has 5 N–H and O–H groups in total. The molecule has 0 saturated heterocycles. The standard InChI is InChI=1S/C9H10N2O3/c10-9(11)8(12)5-1-2-6-7(3-5)14-4-13-6/h1-3,8,12H,4H2,(H3,10,11)/p+1/t8-/m1/s1. The fraction of sp³-hybridized carbons (Fsp3) is 0.222. The molecule has 0 bridgehead atoms. The summed E-state index contributed by atoms with van der Waals surface area (Å²) in [5.41, 5.74) is 5.88. The second kappa shape index (κ2) is 3.19. The van der Waals surface area contributed by atoms with E-state index in [9.17, 15) is 5.11 Å². The number of aliphatic hydroxyl groups excluding tert-OH is 1. The second-order valence-corrected chi connectivity index (χ2v) is 3.02. The molecule has 0 unspecified atom stereocenters. The van der Waals surface area contributed by atoms with Crippen molar-refractivity contribution in [3.63, 3.8) is 0 Å². The van der Waals surface area contributed by atoms with Gasteiger partial charge < -0.3 is 14.6 Å². The summed E-state index contributed by atoms with van der Waals surface area (Å²) in [5, 5.41) is 14.8. The molecular weight excluding hydrogens is 184 g/mol. The second-order valence-electron chi connectivity index (χ2n) is 3.02. The lowest BCUT2D eigenvalue weighted by molar-refractivity contribution is -0.126. The summed E-state index contributed by atoms with van der Waals surface area (Å²) < 4.78 is 10.3. The molecule has 1 aromatic carbocycles. The van der Waals surface area contributed by atoms with Crippen LogP contribution in [0.4, 0.5) is 0 Å². The highest BCUT2D eigenvalue weighted by atomic mass is 16.7. The van der Waals surface area contributed by atoms with Crippen LogP contribution >= 0.6 is 0 Å². The van der Waals surface area contributed by atoms with Crippen molar-refractivity contribution in [2.24, 2.45) is 5.73 Å². The third-order valence-electron chi connectivity index (χ3n) is 2.03.